The fourth-order valence-corrected chi connectivity index (χ4v) is 5.97. The molecule has 39 heavy (non-hydrogen) atoms. The third-order valence-electron chi connectivity index (χ3n) is 7.75. The SMILES string of the molecule is CCCC1=C([C@H](O)CC/C(=C/c2ccccc2O)c2ccccc2)[C@H](CO)[C@@H]2C(=O)N(C(=O)OC)C(=O)[C@@H]2C1. The van der Waals surface area contributed by atoms with Crippen LogP contribution in [0.15, 0.2) is 65.7 Å². The molecule has 0 spiro atoms. The Kier molecular flexibility index (Phi) is 8.99. The Morgan fingerprint density at radius 3 is 2.44 bits per heavy atom. The number of nitrogens with zero attached hydrogens (tertiary/aromatic N) is 1. The molecule has 0 bridgehead atoms. The molecule has 0 aromatic heterocycles. The number of ether oxygens (including phenoxy) is 1. The maximum absolute atomic E-state index is 13.2. The number of carbonyl (C=O) groups excluding carboxylic acids is 3. The van der Waals surface area contributed by atoms with E-state index >= 15 is 0 Å². The van der Waals surface area contributed by atoms with Crippen LogP contribution >= 0.6 is 0 Å². The normalized spacial score (nSPS) is 22.2. The van der Waals surface area contributed by atoms with E-state index in [0.29, 0.717) is 35.3 Å². The molecule has 0 radical (unpaired) electrons. The van der Waals surface area contributed by atoms with Gasteiger partial charge in [0.05, 0.1) is 31.7 Å². The largest absolute Gasteiger partial charge is 0.507 e. The Labute approximate surface area is 228 Å². The average Bonchev–Trinajstić information content (AvgIpc) is 3.20. The van der Waals surface area contributed by atoms with Crippen LogP contribution in [0.2, 0.25) is 0 Å². The highest BCUT2D eigenvalue weighted by molar-refractivity contribution is 6.16. The van der Waals surface area contributed by atoms with Crippen LogP contribution in [-0.4, -0.2) is 57.9 Å². The van der Waals surface area contributed by atoms with Gasteiger partial charge in [0.15, 0.2) is 0 Å². The molecule has 1 fully saturated rings. The molecule has 0 unspecified atom stereocenters. The summed E-state index contributed by atoms with van der Waals surface area (Å²) in [7, 11) is 1.11. The van der Waals surface area contributed by atoms with Crippen molar-refractivity contribution in [2.75, 3.05) is 13.7 Å². The summed E-state index contributed by atoms with van der Waals surface area (Å²) in [5, 5.41) is 32.3. The van der Waals surface area contributed by atoms with Gasteiger partial charge in [0.2, 0.25) is 11.8 Å². The van der Waals surface area contributed by atoms with Gasteiger partial charge >= 0.3 is 6.09 Å². The number of phenolic OH excluding ortho intramolecular Hbond substituents is 1. The fraction of sp³-hybridized carbons (Fsp3) is 0.387. The van der Waals surface area contributed by atoms with E-state index in [1.165, 1.54) is 0 Å². The summed E-state index contributed by atoms with van der Waals surface area (Å²) in [4.78, 5) is 39.0. The maximum Gasteiger partial charge on any atom is 0.423 e. The van der Waals surface area contributed by atoms with E-state index in [1.807, 2.05) is 55.5 Å². The molecule has 1 aliphatic heterocycles. The van der Waals surface area contributed by atoms with Gasteiger partial charge in [-0.15, -0.1) is 0 Å². The molecule has 3 amide bonds. The topological polar surface area (TPSA) is 124 Å². The number of carbonyl (C=O) groups is 3. The zero-order chi connectivity index (χ0) is 28.1. The maximum atomic E-state index is 13.2. The second-order valence-corrected chi connectivity index (χ2v) is 10.1. The monoisotopic (exact) mass is 533 g/mol. The van der Waals surface area contributed by atoms with Gasteiger partial charge in [-0.3, -0.25) is 9.59 Å². The van der Waals surface area contributed by atoms with Crippen LogP contribution in [0.5, 0.6) is 5.75 Å². The van der Waals surface area contributed by atoms with Crippen molar-refractivity contribution in [2.45, 2.75) is 45.1 Å². The van der Waals surface area contributed by atoms with E-state index < -0.39 is 48.4 Å². The Morgan fingerprint density at radius 1 is 1.10 bits per heavy atom. The van der Waals surface area contributed by atoms with E-state index in [0.717, 1.165) is 30.2 Å². The molecule has 1 heterocycles. The standard InChI is InChI=1S/C31H35NO7/c1-3-9-22-17-23-28(30(37)32(29(23)36)31(38)39-2)24(18-33)27(22)26(35)15-14-20(19-10-5-4-6-11-19)16-21-12-7-8-13-25(21)34/h4-8,10-13,16,23-24,26,28,33-35H,3,9,14-15,17-18H2,1-2H3/b20-16-/t23-,24+,26-,28-/m1/s1. The van der Waals surface area contributed by atoms with Gasteiger partial charge in [-0.05, 0) is 54.5 Å². The second-order valence-electron chi connectivity index (χ2n) is 10.1. The van der Waals surface area contributed by atoms with Crippen LogP contribution in [0.1, 0.15) is 50.2 Å². The number of amides is 3. The third kappa shape index (κ3) is 5.67. The number of imide groups is 3. The number of hydrogen-bond acceptors (Lipinski definition) is 7. The average molecular weight is 534 g/mol. The number of rotatable bonds is 9. The molecule has 8 heteroatoms. The van der Waals surface area contributed by atoms with Crippen LogP contribution in [0.4, 0.5) is 4.79 Å². The predicted octanol–water partition coefficient (Wildman–Crippen LogP) is 4.55. The number of allylic oxidation sites excluding steroid dienone is 2. The highest BCUT2D eigenvalue weighted by atomic mass is 16.5. The van der Waals surface area contributed by atoms with Gasteiger partial charge in [0.25, 0.3) is 0 Å². The molecule has 2 aliphatic rings. The lowest BCUT2D eigenvalue weighted by Crippen LogP contribution is -2.40. The minimum atomic E-state index is -1.03. The van der Waals surface area contributed by atoms with Crippen molar-refractivity contribution in [3.8, 4) is 5.75 Å². The van der Waals surface area contributed by atoms with E-state index in [4.69, 9.17) is 0 Å². The van der Waals surface area contributed by atoms with Crippen LogP contribution in [0.25, 0.3) is 11.6 Å². The molecule has 4 rings (SSSR count). The predicted molar refractivity (Wildman–Crippen MR) is 146 cm³/mol. The first-order valence-corrected chi connectivity index (χ1v) is 13.3. The smallest absolute Gasteiger partial charge is 0.423 e. The summed E-state index contributed by atoms with van der Waals surface area (Å²) < 4.78 is 4.66. The minimum absolute atomic E-state index is 0.151. The Balaban J connectivity index is 1.65. The molecule has 4 atom stereocenters. The van der Waals surface area contributed by atoms with Crippen LogP contribution in [0.3, 0.4) is 0 Å². The minimum Gasteiger partial charge on any atom is -0.507 e. The number of methoxy groups -OCH3 is 1. The number of aliphatic hydroxyl groups is 2. The van der Waals surface area contributed by atoms with Crippen molar-refractivity contribution in [3.05, 3.63) is 76.9 Å². The number of benzene rings is 2. The lowest BCUT2D eigenvalue weighted by atomic mass is 9.67. The zero-order valence-corrected chi connectivity index (χ0v) is 22.2. The molecule has 206 valence electrons. The number of aliphatic hydroxyl groups excluding tert-OH is 2. The van der Waals surface area contributed by atoms with Gasteiger partial charge in [-0.1, -0.05) is 67.4 Å². The first kappa shape index (κ1) is 28.3. The van der Waals surface area contributed by atoms with Gasteiger partial charge in [-0.2, -0.15) is 4.90 Å². The molecule has 1 saturated heterocycles. The zero-order valence-electron chi connectivity index (χ0n) is 22.2. The molecular formula is C31H35NO7. The molecule has 1 aliphatic carbocycles. The van der Waals surface area contributed by atoms with E-state index in [-0.39, 0.29) is 12.2 Å². The Morgan fingerprint density at radius 2 is 1.79 bits per heavy atom. The lowest BCUT2D eigenvalue weighted by Gasteiger charge is -2.36. The highest BCUT2D eigenvalue weighted by Gasteiger charge is 2.57. The summed E-state index contributed by atoms with van der Waals surface area (Å²) in [6, 6.07) is 16.7. The van der Waals surface area contributed by atoms with E-state index in [1.54, 1.807) is 12.1 Å². The van der Waals surface area contributed by atoms with E-state index in [2.05, 4.69) is 4.74 Å². The summed E-state index contributed by atoms with van der Waals surface area (Å²) in [6.07, 6.45) is 2.25. The van der Waals surface area contributed by atoms with Crippen LogP contribution in [-0.2, 0) is 14.3 Å². The first-order chi connectivity index (χ1) is 18.8. The van der Waals surface area contributed by atoms with Gasteiger partial charge < -0.3 is 20.1 Å². The summed E-state index contributed by atoms with van der Waals surface area (Å²) in [5.74, 6) is -3.65. The Hall–Kier alpha value is -3.75. The number of para-hydroxylation sites is 1. The van der Waals surface area contributed by atoms with Gasteiger partial charge in [-0.25, -0.2) is 4.79 Å². The first-order valence-electron chi connectivity index (χ1n) is 13.3. The van der Waals surface area contributed by atoms with Crippen LogP contribution < -0.4 is 0 Å². The Bertz CT molecular complexity index is 1280. The molecule has 8 nitrogen and oxygen atoms in total. The molecule has 2 aromatic carbocycles. The second kappa shape index (κ2) is 12.4. The molecular weight excluding hydrogens is 498 g/mol. The number of aromatic hydroxyl groups is 1. The number of fused-ring (bicyclic) bond motifs is 1. The van der Waals surface area contributed by atoms with Gasteiger partial charge in [0, 0.05) is 11.5 Å². The van der Waals surface area contributed by atoms with Crippen molar-refractivity contribution >= 4 is 29.6 Å². The molecule has 0 saturated carbocycles. The molecule has 3 N–H and O–H groups in total. The summed E-state index contributed by atoms with van der Waals surface area (Å²) >= 11 is 0. The van der Waals surface area contributed by atoms with Crippen molar-refractivity contribution < 1.29 is 34.4 Å². The highest BCUT2D eigenvalue weighted by Crippen LogP contribution is 2.47. The van der Waals surface area contributed by atoms with Crippen molar-refractivity contribution in [3.63, 3.8) is 0 Å². The number of hydrogen-bond donors (Lipinski definition) is 3. The lowest BCUT2D eigenvalue weighted by molar-refractivity contribution is -0.137. The van der Waals surface area contributed by atoms with Crippen molar-refractivity contribution in [1.29, 1.82) is 0 Å². The quantitative estimate of drug-likeness (QED) is 0.245. The van der Waals surface area contributed by atoms with Crippen molar-refractivity contribution in [1.82, 2.24) is 4.90 Å². The number of likely N-dealkylation sites (tertiary alicyclic amines) is 1. The summed E-state index contributed by atoms with van der Waals surface area (Å²) in [5.41, 5.74) is 3.95. The summed E-state index contributed by atoms with van der Waals surface area (Å²) in [6.45, 7) is 1.55. The third-order valence-corrected chi connectivity index (χ3v) is 7.75. The van der Waals surface area contributed by atoms with E-state index in [9.17, 15) is 29.7 Å². The van der Waals surface area contributed by atoms with Gasteiger partial charge in [0.1, 0.15) is 5.75 Å². The fourth-order valence-electron chi connectivity index (χ4n) is 5.97. The van der Waals surface area contributed by atoms with Crippen LogP contribution in [0, 0.1) is 17.8 Å². The number of phenols is 1. The van der Waals surface area contributed by atoms with Crippen molar-refractivity contribution in [2.24, 2.45) is 17.8 Å². The molecule has 2 aromatic rings.